The fourth-order valence-electron chi connectivity index (χ4n) is 1.87. The zero-order chi connectivity index (χ0) is 13.6. The third-order valence-corrected chi connectivity index (χ3v) is 2.89. The molecule has 3 heterocycles. The van der Waals surface area contributed by atoms with Gasteiger partial charge in [-0.05, 0) is 47.5 Å². The summed E-state index contributed by atoms with van der Waals surface area (Å²) in [7, 11) is 0. The fourth-order valence-corrected chi connectivity index (χ4v) is 1.87. The topological polar surface area (TPSA) is 38.7 Å². The van der Waals surface area contributed by atoms with E-state index in [9.17, 15) is 0 Å². The Morgan fingerprint density at radius 3 is 2.20 bits per heavy atom. The molecule has 0 fully saturated rings. The van der Waals surface area contributed by atoms with Gasteiger partial charge in [0.1, 0.15) is 0 Å². The van der Waals surface area contributed by atoms with Crippen molar-refractivity contribution in [1.29, 1.82) is 0 Å². The van der Waals surface area contributed by atoms with Crippen molar-refractivity contribution in [3.8, 4) is 11.4 Å². The van der Waals surface area contributed by atoms with E-state index in [-0.39, 0.29) is 0 Å². The molecule has 0 amide bonds. The third-order valence-electron chi connectivity index (χ3n) is 2.89. The second kappa shape index (κ2) is 5.89. The molecule has 0 spiro atoms. The van der Waals surface area contributed by atoms with Crippen LogP contribution in [0.1, 0.15) is 11.1 Å². The Morgan fingerprint density at radius 2 is 1.40 bits per heavy atom. The van der Waals surface area contributed by atoms with Crippen LogP contribution in [0.25, 0.3) is 23.5 Å². The summed E-state index contributed by atoms with van der Waals surface area (Å²) in [6.45, 7) is 0. The lowest BCUT2D eigenvalue weighted by molar-refractivity contribution is 1.24. The summed E-state index contributed by atoms with van der Waals surface area (Å²) in [5.74, 6) is 0. The van der Waals surface area contributed by atoms with Crippen molar-refractivity contribution in [3.63, 3.8) is 0 Å². The molecule has 0 aliphatic carbocycles. The van der Waals surface area contributed by atoms with Crippen molar-refractivity contribution in [1.82, 2.24) is 15.0 Å². The Balaban J connectivity index is 1.87. The van der Waals surface area contributed by atoms with Gasteiger partial charge in [0, 0.05) is 24.8 Å². The van der Waals surface area contributed by atoms with Gasteiger partial charge >= 0.3 is 0 Å². The Hall–Kier alpha value is -2.81. The van der Waals surface area contributed by atoms with E-state index in [1.165, 1.54) is 0 Å². The molecule has 0 saturated carbocycles. The van der Waals surface area contributed by atoms with Crippen LogP contribution in [0.3, 0.4) is 0 Å². The van der Waals surface area contributed by atoms with Crippen LogP contribution in [-0.2, 0) is 0 Å². The SMILES string of the molecule is C(=Cc1ccnc(-c2ccccn2)c1)c1ccncc1. The number of pyridine rings is 3. The van der Waals surface area contributed by atoms with Crippen molar-refractivity contribution in [3.05, 3.63) is 78.4 Å². The minimum absolute atomic E-state index is 0.877. The molecule has 0 aliphatic rings. The van der Waals surface area contributed by atoms with Gasteiger partial charge in [-0.15, -0.1) is 0 Å². The highest BCUT2D eigenvalue weighted by molar-refractivity contribution is 5.71. The van der Waals surface area contributed by atoms with Crippen LogP contribution in [0.4, 0.5) is 0 Å². The Labute approximate surface area is 117 Å². The molecule has 3 aromatic rings. The molecule has 0 radical (unpaired) electrons. The Morgan fingerprint density at radius 1 is 0.650 bits per heavy atom. The van der Waals surface area contributed by atoms with Crippen LogP contribution in [0.5, 0.6) is 0 Å². The summed E-state index contributed by atoms with van der Waals surface area (Å²) in [6.07, 6.45) is 11.3. The van der Waals surface area contributed by atoms with Crippen molar-refractivity contribution < 1.29 is 0 Å². The fraction of sp³-hybridized carbons (Fsp3) is 0. The van der Waals surface area contributed by atoms with Crippen molar-refractivity contribution in [2.75, 3.05) is 0 Å². The average Bonchev–Trinajstić information content (AvgIpc) is 2.55. The van der Waals surface area contributed by atoms with Crippen LogP contribution in [0.2, 0.25) is 0 Å². The molecule has 0 aliphatic heterocycles. The maximum absolute atomic E-state index is 4.36. The molecule has 0 atom stereocenters. The van der Waals surface area contributed by atoms with Gasteiger partial charge < -0.3 is 0 Å². The summed E-state index contributed by atoms with van der Waals surface area (Å²) in [5, 5.41) is 0. The standard InChI is InChI=1S/C17H13N3/c1-2-9-19-16(3-1)17-13-15(8-12-20-17)5-4-14-6-10-18-11-7-14/h1-13H. The van der Waals surface area contributed by atoms with Crippen molar-refractivity contribution >= 4 is 12.2 Å². The third kappa shape index (κ3) is 2.95. The molecule has 0 unspecified atom stereocenters. The monoisotopic (exact) mass is 259 g/mol. The first-order valence-electron chi connectivity index (χ1n) is 6.37. The van der Waals surface area contributed by atoms with E-state index < -0.39 is 0 Å². The van der Waals surface area contributed by atoms with E-state index in [1.807, 2.05) is 42.5 Å². The highest BCUT2D eigenvalue weighted by atomic mass is 14.8. The van der Waals surface area contributed by atoms with Crippen molar-refractivity contribution in [2.45, 2.75) is 0 Å². The van der Waals surface area contributed by atoms with Crippen molar-refractivity contribution in [2.24, 2.45) is 0 Å². The molecule has 3 nitrogen and oxygen atoms in total. The van der Waals surface area contributed by atoms with Crippen LogP contribution in [-0.4, -0.2) is 15.0 Å². The van der Waals surface area contributed by atoms with E-state index in [2.05, 4.69) is 27.1 Å². The predicted octanol–water partition coefficient (Wildman–Crippen LogP) is 3.71. The molecule has 20 heavy (non-hydrogen) atoms. The zero-order valence-corrected chi connectivity index (χ0v) is 10.8. The Bertz CT molecular complexity index is 707. The minimum Gasteiger partial charge on any atom is -0.265 e. The van der Waals surface area contributed by atoms with Gasteiger partial charge in [-0.25, -0.2) is 0 Å². The molecule has 0 N–H and O–H groups in total. The number of nitrogens with zero attached hydrogens (tertiary/aromatic N) is 3. The summed E-state index contributed by atoms with van der Waals surface area (Å²) in [6, 6.07) is 13.8. The summed E-state index contributed by atoms with van der Waals surface area (Å²) in [4.78, 5) is 12.7. The smallest absolute Gasteiger partial charge is 0.0892 e. The van der Waals surface area contributed by atoms with E-state index in [1.54, 1.807) is 24.8 Å². The highest BCUT2D eigenvalue weighted by Gasteiger charge is 1.99. The molecule has 3 aromatic heterocycles. The quantitative estimate of drug-likeness (QED) is 0.719. The van der Waals surface area contributed by atoms with E-state index in [0.717, 1.165) is 22.5 Å². The number of aromatic nitrogens is 3. The lowest BCUT2D eigenvalue weighted by Gasteiger charge is -2.00. The van der Waals surface area contributed by atoms with Crippen LogP contribution in [0.15, 0.2) is 67.3 Å². The van der Waals surface area contributed by atoms with Gasteiger partial charge in [0.25, 0.3) is 0 Å². The van der Waals surface area contributed by atoms with Crippen LogP contribution >= 0.6 is 0 Å². The minimum atomic E-state index is 0.877. The summed E-state index contributed by atoms with van der Waals surface area (Å²) in [5.41, 5.74) is 3.97. The van der Waals surface area contributed by atoms with Gasteiger partial charge in [-0.2, -0.15) is 0 Å². The first kappa shape index (κ1) is 12.2. The molecular formula is C17H13N3. The Kier molecular flexibility index (Phi) is 3.60. The molecule has 0 saturated heterocycles. The first-order chi connectivity index (χ1) is 9.92. The second-order valence-electron chi connectivity index (χ2n) is 4.30. The lowest BCUT2D eigenvalue weighted by Crippen LogP contribution is -1.86. The highest BCUT2D eigenvalue weighted by Crippen LogP contribution is 2.16. The molecule has 3 rings (SSSR count). The summed E-state index contributed by atoms with van der Waals surface area (Å²) < 4.78 is 0. The first-order valence-corrected chi connectivity index (χ1v) is 6.37. The van der Waals surface area contributed by atoms with Crippen LogP contribution < -0.4 is 0 Å². The van der Waals surface area contributed by atoms with Gasteiger partial charge in [0.2, 0.25) is 0 Å². The maximum Gasteiger partial charge on any atom is 0.0892 e. The average molecular weight is 259 g/mol. The van der Waals surface area contributed by atoms with E-state index in [4.69, 9.17) is 0 Å². The molecule has 3 heteroatoms. The van der Waals surface area contributed by atoms with Gasteiger partial charge in [-0.1, -0.05) is 18.2 Å². The zero-order valence-electron chi connectivity index (χ0n) is 10.8. The number of rotatable bonds is 3. The lowest BCUT2D eigenvalue weighted by atomic mass is 10.1. The number of hydrogen-bond donors (Lipinski definition) is 0. The summed E-state index contributed by atoms with van der Waals surface area (Å²) >= 11 is 0. The maximum atomic E-state index is 4.36. The second-order valence-corrected chi connectivity index (χ2v) is 4.30. The molecule has 0 aromatic carbocycles. The molecular weight excluding hydrogens is 246 g/mol. The predicted molar refractivity (Wildman–Crippen MR) is 80.6 cm³/mol. The largest absolute Gasteiger partial charge is 0.265 e. The van der Waals surface area contributed by atoms with Crippen LogP contribution in [0, 0.1) is 0 Å². The van der Waals surface area contributed by atoms with E-state index >= 15 is 0 Å². The normalized spacial score (nSPS) is 10.8. The molecule has 0 bridgehead atoms. The van der Waals surface area contributed by atoms with E-state index in [0.29, 0.717) is 0 Å². The van der Waals surface area contributed by atoms with Gasteiger partial charge in [-0.3, -0.25) is 15.0 Å². The van der Waals surface area contributed by atoms with Gasteiger partial charge in [0.05, 0.1) is 11.4 Å². The molecule has 96 valence electrons. The van der Waals surface area contributed by atoms with Gasteiger partial charge in [0.15, 0.2) is 0 Å². The number of hydrogen-bond acceptors (Lipinski definition) is 3.